The summed E-state index contributed by atoms with van der Waals surface area (Å²) in [6.07, 6.45) is 2.12. The topological polar surface area (TPSA) is 58.2 Å². The molecule has 1 saturated heterocycles. The minimum atomic E-state index is -3.06. The van der Waals surface area contributed by atoms with Crippen molar-refractivity contribution in [1.82, 2.24) is 10.6 Å². The van der Waals surface area contributed by atoms with Gasteiger partial charge < -0.3 is 0 Å². The Bertz CT molecular complexity index is 153. The van der Waals surface area contributed by atoms with Crippen molar-refractivity contribution in [2.24, 2.45) is 0 Å². The molecule has 1 aliphatic heterocycles. The Morgan fingerprint density at radius 2 is 1.60 bits per heavy atom. The molecule has 0 saturated carbocycles. The van der Waals surface area contributed by atoms with Gasteiger partial charge in [-0.25, -0.2) is 0 Å². The van der Waals surface area contributed by atoms with Gasteiger partial charge in [-0.05, 0) is 0 Å². The van der Waals surface area contributed by atoms with Gasteiger partial charge in [0.25, 0.3) is 0 Å². The van der Waals surface area contributed by atoms with Crippen molar-refractivity contribution in [3.8, 4) is 0 Å². The summed E-state index contributed by atoms with van der Waals surface area (Å²) in [6, 6.07) is 0. The standard InChI is InChI=1S/C5H12N2O2Se/c8-10(9)5-6-3-1-2-4-7-5/h5-7,10H,1-4H2. The number of hydrogen-bond donors (Lipinski definition) is 2. The molecule has 0 aromatic carbocycles. The molecule has 4 nitrogen and oxygen atoms in total. The number of nitrogens with one attached hydrogen (secondary N) is 2. The molecule has 1 rings (SSSR count). The molecule has 0 spiro atoms. The molecule has 0 unspecified atom stereocenters. The van der Waals surface area contributed by atoms with E-state index in [1.807, 2.05) is 0 Å². The monoisotopic (exact) mass is 212 g/mol. The van der Waals surface area contributed by atoms with Gasteiger partial charge in [-0.3, -0.25) is 0 Å². The summed E-state index contributed by atoms with van der Waals surface area (Å²) < 4.78 is 21.0. The molecule has 0 atom stereocenters. The Labute approximate surface area is 63.7 Å². The Kier molecular flexibility index (Phi) is 3.28. The van der Waals surface area contributed by atoms with Crippen molar-refractivity contribution in [2.45, 2.75) is 17.9 Å². The molecule has 0 bridgehead atoms. The fourth-order valence-electron chi connectivity index (χ4n) is 0.949. The van der Waals surface area contributed by atoms with Crippen LogP contribution in [0.2, 0.25) is 0 Å². The second kappa shape index (κ2) is 4.03. The van der Waals surface area contributed by atoms with Gasteiger partial charge in [0.2, 0.25) is 0 Å². The average molecular weight is 211 g/mol. The van der Waals surface area contributed by atoms with Crippen LogP contribution in [0.1, 0.15) is 12.8 Å². The Balaban J connectivity index is 2.43. The van der Waals surface area contributed by atoms with Crippen LogP contribution in [0.3, 0.4) is 0 Å². The second-order valence-corrected chi connectivity index (χ2v) is 4.58. The second-order valence-electron chi connectivity index (χ2n) is 2.30. The molecule has 1 fully saturated rings. The first-order chi connectivity index (χ1) is 4.80. The first-order valence-electron chi connectivity index (χ1n) is 3.41. The molecule has 0 aliphatic carbocycles. The molecule has 2 N–H and O–H groups in total. The summed E-state index contributed by atoms with van der Waals surface area (Å²) in [5.41, 5.74) is 0. The minimum absolute atomic E-state index is 0.421. The SMILES string of the molecule is O=[SeH](=O)C1NCCCCN1. The molecule has 1 aliphatic rings. The Hall–Kier alpha value is 0.0395. The van der Waals surface area contributed by atoms with Gasteiger partial charge in [0.1, 0.15) is 0 Å². The zero-order chi connectivity index (χ0) is 7.40. The third-order valence-electron chi connectivity index (χ3n) is 1.49. The Morgan fingerprint density at radius 1 is 1.10 bits per heavy atom. The van der Waals surface area contributed by atoms with Crippen molar-refractivity contribution < 1.29 is 7.67 Å². The number of rotatable bonds is 1. The van der Waals surface area contributed by atoms with E-state index in [4.69, 9.17) is 0 Å². The maximum atomic E-state index is 10.5. The van der Waals surface area contributed by atoms with E-state index in [0.717, 1.165) is 25.9 Å². The predicted molar refractivity (Wildman–Crippen MR) is 37.5 cm³/mol. The van der Waals surface area contributed by atoms with Gasteiger partial charge in [-0.15, -0.1) is 0 Å². The van der Waals surface area contributed by atoms with E-state index in [9.17, 15) is 7.67 Å². The first kappa shape index (κ1) is 8.14. The van der Waals surface area contributed by atoms with Crippen molar-refractivity contribution in [3.05, 3.63) is 0 Å². The summed E-state index contributed by atoms with van der Waals surface area (Å²) in [6.45, 7) is 1.63. The van der Waals surface area contributed by atoms with Gasteiger partial charge in [0.15, 0.2) is 0 Å². The number of hydrogen-bond acceptors (Lipinski definition) is 4. The molecule has 0 radical (unpaired) electrons. The third kappa shape index (κ3) is 2.34. The van der Waals surface area contributed by atoms with E-state index < -0.39 is 18.8 Å². The quantitative estimate of drug-likeness (QED) is 0.541. The van der Waals surface area contributed by atoms with Crippen LogP contribution in [0.4, 0.5) is 0 Å². The van der Waals surface area contributed by atoms with Crippen LogP contribution in [-0.2, 0) is 7.67 Å². The molecule has 1 heterocycles. The molecule has 5 heteroatoms. The van der Waals surface area contributed by atoms with E-state index in [1.54, 1.807) is 0 Å². The van der Waals surface area contributed by atoms with Crippen LogP contribution < -0.4 is 10.6 Å². The van der Waals surface area contributed by atoms with Crippen LogP contribution in [0.25, 0.3) is 0 Å². The predicted octanol–water partition coefficient (Wildman–Crippen LogP) is -1.09. The summed E-state index contributed by atoms with van der Waals surface area (Å²) in [4.78, 5) is 0. The normalized spacial score (nSPS) is 22.9. The van der Waals surface area contributed by atoms with E-state index in [0.29, 0.717) is 0 Å². The zero-order valence-corrected chi connectivity index (χ0v) is 7.55. The van der Waals surface area contributed by atoms with Crippen molar-refractivity contribution >= 4 is 13.8 Å². The molecule has 60 valence electrons. The summed E-state index contributed by atoms with van der Waals surface area (Å²) in [5, 5.41) is 5.40. The van der Waals surface area contributed by atoms with E-state index >= 15 is 0 Å². The van der Waals surface area contributed by atoms with Crippen LogP contribution >= 0.6 is 0 Å². The molecular weight excluding hydrogens is 199 g/mol. The van der Waals surface area contributed by atoms with Crippen LogP contribution in [-0.4, -0.2) is 31.9 Å². The summed E-state index contributed by atoms with van der Waals surface area (Å²) >= 11 is -3.06. The fraction of sp³-hybridized carbons (Fsp3) is 1.00. The van der Waals surface area contributed by atoms with Crippen molar-refractivity contribution in [2.75, 3.05) is 13.1 Å². The molecule has 10 heavy (non-hydrogen) atoms. The molecular formula is C5H12N2O2Se. The van der Waals surface area contributed by atoms with E-state index in [1.165, 1.54) is 0 Å². The Morgan fingerprint density at radius 3 is 2.00 bits per heavy atom. The van der Waals surface area contributed by atoms with Gasteiger partial charge >= 0.3 is 63.1 Å². The maximum absolute atomic E-state index is 10.5. The van der Waals surface area contributed by atoms with Crippen molar-refractivity contribution in [1.29, 1.82) is 0 Å². The average Bonchev–Trinajstić information content (AvgIpc) is 2.12. The van der Waals surface area contributed by atoms with Crippen LogP contribution in [0.5, 0.6) is 0 Å². The summed E-state index contributed by atoms with van der Waals surface area (Å²) in [7, 11) is 0. The fourth-order valence-corrected chi connectivity index (χ4v) is 2.12. The summed E-state index contributed by atoms with van der Waals surface area (Å²) in [5.74, 6) is 0. The molecule has 0 aromatic heterocycles. The van der Waals surface area contributed by atoms with Crippen LogP contribution in [0.15, 0.2) is 0 Å². The van der Waals surface area contributed by atoms with Gasteiger partial charge in [0.05, 0.1) is 0 Å². The van der Waals surface area contributed by atoms with Gasteiger partial charge in [-0.2, -0.15) is 0 Å². The van der Waals surface area contributed by atoms with Gasteiger partial charge in [-0.1, -0.05) is 0 Å². The van der Waals surface area contributed by atoms with Gasteiger partial charge in [0, 0.05) is 0 Å². The molecule has 0 amide bonds. The van der Waals surface area contributed by atoms with E-state index in [2.05, 4.69) is 10.6 Å². The molecule has 0 aromatic rings. The van der Waals surface area contributed by atoms with Crippen molar-refractivity contribution in [3.63, 3.8) is 0 Å². The zero-order valence-electron chi connectivity index (χ0n) is 5.67. The van der Waals surface area contributed by atoms with Crippen LogP contribution in [0, 0.1) is 0 Å². The first-order valence-corrected chi connectivity index (χ1v) is 6.02. The van der Waals surface area contributed by atoms with E-state index in [-0.39, 0.29) is 0 Å². The third-order valence-corrected chi connectivity index (χ3v) is 3.14.